The monoisotopic (exact) mass is 282 g/mol. The van der Waals surface area contributed by atoms with Crippen LogP contribution in [0.2, 0.25) is 0 Å². The van der Waals surface area contributed by atoms with Crippen LogP contribution in [0.3, 0.4) is 0 Å². The molecular formula is C8H12Br2O. The second-order valence-electron chi connectivity index (χ2n) is 3.15. The Hall–Kier alpha value is 0.630. The quantitative estimate of drug-likeness (QED) is 0.410. The molecule has 1 aliphatic carbocycles. The molecule has 0 atom stereocenters. The van der Waals surface area contributed by atoms with Crippen molar-refractivity contribution in [1.29, 1.82) is 0 Å². The van der Waals surface area contributed by atoms with E-state index in [0.717, 1.165) is 12.8 Å². The Morgan fingerprint density at radius 2 is 1.55 bits per heavy atom. The van der Waals surface area contributed by atoms with Gasteiger partial charge in [0.15, 0.2) is 0 Å². The molecule has 0 aromatic carbocycles. The van der Waals surface area contributed by atoms with Crippen molar-refractivity contribution in [3.05, 3.63) is 0 Å². The predicted octanol–water partition coefficient (Wildman–Crippen LogP) is 3.40. The lowest BCUT2D eigenvalue weighted by Crippen LogP contribution is -2.26. The Morgan fingerprint density at radius 1 is 1.09 bits per heavy atom. The van der Waals surface area contributed by atoms with Crippen LogP contribution in [0.1, 0.15) is 38.5 Å². The van der Waals surface area contributed by atoms with Crippen LogP contribution in [0.15, 0.2) is 0 Å². The SMILES string of the molecule is O=C(Br)C1(Br)CCCCCC1. The molecule has 0 spiro atoms. The first-order valence-electron chi connectivity index (χ1n) is 4.04. The van der Waals surface area contributed by atoms with Crippen molar-refractivity contribution in [2.75, 3.05) is 0 Å². The maximum Gasteiger partial charge on any atom is 0.214 e. The molecule has 3 heteroatoms. The van der Waals surface area contributed by atoms with Gasteiger partial charge < -0.3 is 0 Å². The van der Waals surface area contributed by atoms with Gasteiger partial charge in [-0.1, -0.05) is 41.6 Å². The van der Waals surface area contributed by atoms with Gasteiger partial charge in [0, 0.05) is 0 Å². The molecule has 0 heterocycles. The standard InChI is InChI=1S/C8H12Br2O/c9-7(11)8(10)5-3-1-2-4-6-8/h1-6H2. The first kappa shape index (κ1) is 9.72. The van der Waals surface area contributed by atoms with Gasteiger partial charge in [0.25, 0.3) is 0 Å². The number of halogens is 2. The van der Waals surface area contributed by atoms with Crippen molar-refractivity contribution in [2.45, 2.75) is 42.8 Å². The van der Waals surface area contributed by atoms with E-state index in [1.807, 2.05) is 0 Å². The van der Waals surface area contributed by atoms with Gasteiger partial charge >= 0.3 is 0 Å². The topological polar surface area (TPSA) is 17.1 Å². The molecule has 1 nitrogen and oxygen atoms in total. The summed E-state index contributed by atoms with van der Waals surface area (Å²) in [6, 6.07) is 0. The maximum absolute atomic E-state index is 11.1. The molecule has 64 valence electrons. The van der Waals surface area contributed by atoms with Gasteiger partial charge in [0.1, 0.15) is 0 Å². The summed E-state index contributed by atoms with van der Waals surface area (Å²) >= 11 is 6.55. The fourth-order valence-electron chi connectivity index (χ4n) is 1.49. The van der Waals surface area contributed by atoms with Crippen molar-refractivity contribution in [3.63, 3.8) is 0 Å². The van der Waals surface area contributed by atoms with E-state index in [9.17, 15) is 4.79 Å². The zero-order chi connectivity index (χ0) is 8.32. The summed E-state index contributed by atoms with van der Waals surface area (Å²) in [5.41, 5.74) is 0. The molecule has 1 rings (SSSR count). The molecule has 0 bridgehead atoms. The van der Waals surface area contributed by atoms with Crippen LogP contribution in [0.5, 0.6) is 0 Å². The normalized spacial score (nSPS) is 24.2. The van der Waals surface area contributed by atoms with Crippen molar-refractivity contribution < 1.29 is 4.79 Å². The molecule has 0 N–H and O–H groups in total. The van der Waals surface area contributed by atoms with Gasteiger partial charge in [-0.3, -0.25) is 4.79 Å². The summed E-state index contributed by atoms with van der Waals surface area (Å²) in [5.74, 6) is 0. The fourth-order valence-corrected chi connectivity index (χ4v) is 2.44. The summed E-state index contributed by atoms with van der Waals surface area (Å²) in [7, 11) is 0. The third kappa shape index (κ3) is 2.55. The van der Waals surface area contributed by atoms with Crippen LogP contribution in [0, 0.1) is 0 Å². The van der Waals surface area contributed by atoms with Crippen molar-refractivity contribution in [3.8, 4) is 0 Å². The van der Waals surface area contributed by atoms with E-state index in [4.69, 9.17) is 0 Å². The maximum atomic E-state index is 11.1. The van der Waals surface area contributed by atoms with Crippen LogP contribution < -0.4 is 0 Å². The molecule has 0 unspecified atom stereocenters. The number of hydrogen-bond donors (Lipinski definition) is 0. The van der Waals surface area contributed by atoms with Gasteiger partial charge in [-0.2, -0.15) is 0 Å². The average Bonchev–Trinajstić information content (AvgIpc) is 2.15. The molecule has 0 aliphatic heterocycles. The van der Waals surface area contributed by atoms with E-state index in [2.05, 4.69) is 31.9 Å². The van der Waals surface area contributed by atoms with Gasteiger partial charge in [0.2, 0.25) is 4.69 Å². The third-order valence-corrected chi connectivity index (χ3v) is 4.69. The van der Waals surface area contributed by atoms with Crippen LogP contribution in [-0.4, -0.2) is 9.02 Å². The van der Waals surface area contributed by atoms with E-state index < -0.39 is 0 Å². The number of carbonyl (C=O) groups is 1. The van der Waals surface area contributed by atoms with Gasteiger partial charge in [0.05, 0.1) is 4.32 Å². The van der Waals surface area contributed by atoms with Crippen LogP contribution in [0.4, 0.5) is 0 Å². The number of carbonyl (C=O) groups excluding carboxylic acids is 1. The lowest BCUT2D eigenvalue weighted by atomic mass is 10.0. The largest absolute Gasteiger partial charge is 0.285 e. The minimum absolute atomic E-state index is 0.118. The zero-order valence-electron chi connectivity index (χ0n) is 6.41. The van der Waals surface area contributed by atoms with Gasteiger partial charge in [-0.05, 0) is 28.8 Å². The van der Waals surface area contributed by atoms with Crippen LogP contribution in [0.25, 0.3) is 0 Å². The van der Waals surface area contributed by atoms with Crippen molar-refractivity contribution in [2.24, 2.45) is 0 Å². The number of rotatable bonds is 1. The Labute approximate surface area is 84.2 Å². The smallest absolute Gasteiger partial charge is 0.214 e. The van der Waals surface area contributed by atoms with E-state index in [-0.39, 0.29) is 9.02 Å². The first-order chi connectivity index (χ1) is 5.15. The van der Waals surface area contributed by atoms with E-state index >= 15 is 0 Å². The molecule has 0 radical (unpaired) electrons. The molecule has 11 heavy (non-hydrogen) atoms. The first-order valence-corrected chi connectivity index (χ1v) is 5.63. The summed E-state index contributed by atoms with van der Waals surface area (Å²) in [5, 5.41) is 0. The summed E-state index contributed by atoms with van der Waals surface area (Å²) < 4.78 is -0.129. The Kier molecular flexibility index (Phi) is 3.56. The molecule has 0 aromatic rings. The highest BCUT2D eigenvalue weighted by atomic mass is 79.9. The minimum atomic E-state index is -0.247. The van der Waals surface area contributed by atoms with Gasteiger partial charge in [-0.25, -0.2) is 0 Å². The molecular weight excluding hydrogens is 272 g/mol. The summed E-state index contributed by atoms with van der Waals surface area (Å²) in [4.78, 5) is 11.1. The summed E-state index contributed by atoms with van der Waals surface area (Å²) in [6.45, 7) is 0. The third-order valence-electron chi connectivity index (χ3n) is 2.25. The number of alkyl halides is 1. The highest BCUT2D eigenvalue weighted by Gasteiger charge is 2.33. The van der Waals surface area contributed by atoms with Crippen LogP contribution >= 0.6 is 31.9 Å². The van der Waals surface area contributed by atoms with Crippen molar-refractivity contribution >= 4 is 36.6 Å². The molecule has 0 amide bonds. The zero-order valence-corrected chi connectivity index (χ0v) is 9.58. The van der Waals surface area contributed by atoms with Crippen molar-refractivity contribution in [1.82, 2.24) is 0 Å². The molecule has 0 saturated heterocycles. The van der Waals surface area contributed by atoms with E-state index in [1.165, 1.54) is 25.7 Å². The second-order valence-corrected chi connectivity index (χ2v) is 5.39. The lowest BCUT2D eigenvalue weighted by molar-refractivity contribution is -0.112. The highest BCUT2D eigenvalue weighted by Crippen LogP contribution is 2.36. The average molecular weight is 284 g/mol. The molecule has 1 aliphatic rings. The van der Waals surface area contributed by atoms with Gasteiger partial charge in [-0.15, -0.1) is 0 Å². The Balaban J connectivity index is 2.59. The molecule has 1 fully saturated rings. The Bertz CT molecular complexity index is 148. The van der Waals surface area contributed by atoms with E-state index in [1.54, 1.807) is 0 Å². The summed E-state index contributed by atoms with van der Waals surface area (Å²) in [6.07, 6.45) is 6.85. The molecule has 0 aromatic heterocycles. The van der Waals surface area contributed by atoms with E-state index in [0.29, 0.717) is 0 Å². The predicted molar refractivity (Wildman–Crippen MR) is 53.3 cm³/mol. The fraction of sp³-hybridized carbons (Fsp3) is 0.875. The second kappa shape index (κ2) is 4.04. The molecule has 1 saturated carbocycles. The minimum Gasteiger partial charge on any atom is -0.285 e. The van der Waals surface area contributed by atoms with Crippen LogP contribution in [-0.2, 0) is 4.79 Å². The lowest BCUT2D eigenvalue weighted by Gasteiger charge is -2.20. The Morgan fingerprint density at radius 3 is 1.91 bits per heavy atom. The number of hydrogen-bond acceptors (Lipinski definition) is 1. The highest BCUT2D eigenvalue weighted by molar-refractivity contribution is 9.20.